The molecule has 0 radical (unpaired) electrons. The number of phenolic OH excluding ortho intramolecular Hbond substituents is 2. The summed E-state index contributed by atoms with van der Waals surface area (Å²) in [6.45, 7) is -0.0303. The highest BCUT2D eigenvalue weighted by atomic mass is 16.4. The second-order valence-corrected chi connectivity index (χ2v) is 6.66. The van der Waals surface area contributed by atoms with Gasteiger partial charge in [-0.1, -0.05) is 6.08 Å². The fourth-order valence-corrected chi connectivity index (χ4v) is 3.11. The third kappa shape index (κ3) is 4.12. The number of primary amides is 1. The molecule has 156 valence electrons. The summed E-state index contributed by atoms with van der Waals surface area (Å²) in [6.07, 6.45) is 1.53. The highest BCUT2D eigenvalue weighted by Crippen LogP contribution is 2.30. The summed E-state index contributed by atoms with van der Waals surface area (Å²) in [6, 6.07) is 6.94. The number of hydrogen-bond donors (Lipinski definition) is 5. The number of anilines is 1. The van der Waals surface area contributed by atoms with Crippen LogP contribution in [0.25, 0.3) is 0 Å². The van der Waals surface area contributed by atoms with Crippen LogP contribution < -0.4 is 10.6 Å². The van der Waals surface area contributed by atoms with Gasteiger partial charge in [-0.05, 0) is 36.4 Å². The number of phenols is 3. The van der Waals surface area contributed by atoms with Gasteiger partial charge in [-0.3, -0.25) is 9.69 Å². The van der Waals surface area contributed by atoms with E-state index in [2.05, 4.69) is 0 Å². The van der Waals surface area contributed by atoms with Crippen LogP contribution in [-0.4, -0.2) is 56.3 Å². The number of carbonyl (C=O) groups is 3. The highest BCUT2D eigenvalue weighted by molar-refractivity contribution is 6.06. The average molecular weight is 413 g/mol. The first-order valence-electron chi connectivity index (χ1n) is 8.80. The second-order valence-electron chi connectivity index (χ2n) is 6.66. The number of aromatic hydroxyl groups is 3. The summed E-state index contributed by atoms with van der Waals surface area (Å²) in [5.74, 6) is -2.55. The van der Waals surface area contributed by atoms with Gasteiger partial charge in [-0.25, -0.2) is 9.59 Å². The number of nitrogens with zero attached hydrogens (tertiary/aromatic N) is 2. The molecule has 6 N–H and O–H groups in total. The Morgan fingerprint density at radius 2 is 1.73 bits per heavy atom. The third-order valence-corrected chi connectivity index (χ3v) is 4.67. The first-order chi connectivity index (χ1) is 14.2. The zero-order chi connectivity index (χ0) is 22.0. The predicted molar refractivity (Wildman–Crippen MR) is 105 cm³/mol. The van der Waals surface area contributed by atoms with E-state index >= 15 is 0 Å². The first kappa shape index (κ1) is 20.5. The van der Waals surface area contributed by atoms with Gasteiger partial charge in [0.1, 0.15) is 22.8 Å². The van der Waals surface area contributed by atoms with Gasteiger partial charge in [0.25, 0.3) is 5.91 Å². The first-order valence-corrected chi connectivity index (χ1v) is 8.80. The molecule has 0 atom stereocenters. The van der Waals surface area contributed by atoms with E-state index < -0.39 is 23.7 Å². The van der Waals surface area contributed by atoms with Gasteiger partial charge in [0.2, 0.25) is 0 Å². The molecule has 0 saturated heterocycles. The molecule has 30 heavy (non-hydrogen) atoms. The smallest absolute Gasteiger partial charge is 0.339 e. The Labute approximate surface area is 170 Å². The number of carboxylic acids is 1. The fourth-order valence-electron chi connectivity index (χ4n) is 3.11. The molecule has 0 spiro atoms. The Kier molecular flexibility index (Phi) is 5.50. The molecular weight excluding hydrogens is 394 g/mol. The molecule has 1 aliphatic heterocycles. The molecule has 1 aliphatic rings. The second kappa shape index (κ2) is 8.03. The van der Waals surface area contributed by atoms with Crippen molar-refractivity contribution in [3.8, 4) is 17.2 Å². The predicted octanol–water partition coefficient (Wildman–Crippen LogP) is 1.36. The van der Waals surface area contributed by atoms with Gasteiger partial charge in [0.15, 0.2) is 0 Å². The number of benzene rings is 2. The van der Waals surface area contributed by atoms with Gasteiger partial charge < -0.3 is 31.1 Å². The quantitative estimate of drug-likeness (QED) is 0.443. The molecule has 10 nitrogen and oxygen atoms in total. The fraction of sp³-hybridized carbons (Fsp3) is 0.150. The minimum Gasteiger partial charge on any atom is -0.508 e. The molecule has 2 aromatic carbocycles. The topological polar surface area (TPSA) is 165 Å². The van der Waals surface area contributed by atoms with Crippen molar-refractivity contribution in [2.75, 3.05) is 18.0 Å². The number of nitrogens with two attached hydrogens (primary N) is 1. The molecule has 0 fully saturated rings. The van der Waals surface area contributed by atoms with Crippen LogP contribution in [0.4, 0.5) is 10.5 Å². The normalized spacial score (nSPS) is 13.3. The van der Waals surface area contributed by atoms with Gasteiger partial charge in [0.05, 0.1) is 0 Å². The molecular formula is C20H19N3O7. The number of amides is 3. The van der Waals surface area contributed by atoms with Crippen molar-refractivity contribution < 1.29 is 34.8 Å². The van der Waals surface area contributed by atoms with E-state index in [4.69, 9.17) is 5.73 Å². The lowest BCUT2D eigenvalue weighted by Crippen LogP contribution is -2.39. The van der Waals surface area contributed by atoms with Crippen LogP contribution in [0, 0.1) is 0 Å². The summed E-state index contributed by atoms with van der Waals surface area (Å²) < 4.78 is 0. The van der Waals surface area contributed by atoms with E-state index in [9.17, 15) is 34.8 Å². The Morgan fingerprint density at radius 1 is 1.03 bits per heavy atom. The molecule has 0 aliphatic carbocycles. The zero-order valence-electron chi connectivity index (χ0n) is 15.6. The van der Waals surface area contributed by atoms with E-state index in [-0.39, 0.29) is 42.3 Å². The molecule has 3 amide bonds. The van der Waals surface area contributed by atoms with Crippen molar-refractivity contribution in [3.63, 3.8) is 0 Å². The summed E-state index contributed by atoms with van der Waals surface area (Å²) >= 11 is 0. The minimum atomic E-state index is -1.34. The number of hydrogen-bond acceptors (Lipinski definition) is 7. The van der Waals surface area contributed by atoms with Crippen LogP contribution in [0.5, 0.6) is 17.2 Å². The van der Waals surface area contributed by atoms with E-state index in [0.717, 1.165) is 4.90 Å². The van der Waals surface area contributed by atoms with Crippen molar-refractivity contribution in [1.29, 1.82) is 0 Å². The SMILES string of the molecule is NC(=O)N1CC=C(CN(Cc2cc(O)ccc2O)c2ccc(O)c(C(=O)O)c2)C1=O. The van der Waals surface area contributed by atoms with Crippen LogP contribution in [0.2, 0.25) is 0 Å². The maximum atomic E-state index is 12.4. The number of carboxylic acid groups (broad SMARTS) is 1. The van der Waals surface area contributed by atoms with Crippen molar-refractivity contribution in [2.24, 2.45) is 5.73 Å². The molecule has 10 heteroatoms. The summed E-state index contributed by atoms with van der Waals surface area (Å²) in [4.78, 5) is 37.6. The van der Waals surface area contributed by atoms with E-state index in [1.807, 2.05) is 0 Å². The van der Waals surface area contributed by atoms with Crippen molar-refractivity contribution in [3.05, 3.63) is 59.2 Å². The monoisotopic (exact) mass is 413 g/mol. The number of imide groups is 1. The molecule has 0 bridgehead atoms. The maximum Gasteiger partial charge on any atom is 0.339 e. The van der Waals surface area contributed by atoms with Crippen LogP contribution in [0.1, 0.15) is 15.9 Å². The van der Waals surface area contributed by atoms with Gasteiger partial charge in [-0.2, -0.15) is 0 Å². The Bertz CT molecular complexity index is 1060. The van der Waals surface area contributed by atoms with Crippen molar-refractivity contribution in [2.45, 2.75) is 6.54 Å². The number of urea groups is 1. The lowest BCUT2D eigenvalue weighted by atomic mass is 10.1. The Balaban J connectivity index is 1.98. The molecule has 3 rings (SSSR count). The lowest BCUT2D eigenvalue weighted by Gasteiger charge is -2.26. The molecule has 2 aromatic rings. The van der Waals surface area contributed by atoms with E-state index in [1.54, 1.807) is 4.90 Å². The third-order valence-electron chi connectivity index (χ3n) is 4.67. The van der Waals surface area contributed by atoms with Crippen LogP contribution in [-0.2, 0) is 11.3 Å². The van der Waals surface area contributed by atoms with Crippen LogP contribution in [0.3, 0.4) is 0 Å². The highest BCUT2D eigenvalue weighted by Gasteiger charge is 2.29. The Hall–Kier alpha value is -4.21. The lowest BCUT2D eigenvalue weighted by molar-refractivity contribution is -0.122. The van der Waals surface area contributed by atoms with Crippen molar-refractivity contribution in [1.82, 2.24) is 4.90 Å². The standard InChI is InChI=1S/C20H19N3O7/c21-20(30)23-6-5-11(18(23)27)9-22(10-12-7-14(24)2-4-16(12)25)13-1-3-17(26)15(8-13)19(28)29/h1-5,7-8,24-26H,6,9-10H2,(H2,21,30)(H,28,29). The molecule has 0 saturated carbocycles. The maximum absolute atomic E-state index is 12.4. The molecule has 1 heterocycles. The van der Waals surface area contributed by atoms with Crippen molar-refractivity contribution >= 4 is 23.6 Å². The van der Waals surface area contributed by atoms with Crippen LogP contribution in [0.15, 0.2) is 48.0 Å². The number of carbonyl (C=O) groups excluding carboxylic acids is 2. The number of rotatable bonds is 6. The van der Waals surface area contributed by atoms with E-state index in [1.165, 1.54) is 42.5 Å². The van der Waals surface area contributed by atoms with Gasteiger partial charge in [0, 0.05) is 36.5 Å². The average Bonchev–Trinajstić information content (AvgIpc) is 3.05. The molecule has 0 unspecified atom stereocenters. The van der Waals surface area contributed by atoms with Crippen LogP contribution >= 0.6 is 0 Å². The number of aromatic carboxylic acids is 1. The molecule has 0 aromatic heterocycles. The van der Waals surface area contributed by atoms with E-state index in [0.29, 0.717) is 11.3 Å². The Morgan fingerprint density at radius 3 is 2.37 bits per heavy atom. The van der Waals surface area contributed by atoms with Gasteiger partial charge >= 0.3 is 12.0 Å². The minimum absolute atomic E-state index is 0.00867. The summed E-state index contributed by atoms with van der Waals surface area (Å²) in [7, 11) is 0. The largest absolute Gasteiger partial charge is 0.508 e. The zero-order valence-corrected chi connectivity index (χ0v) is 15.6. The van der Waals surface area contributed by atoms with Gasteiger partial charge in [-0.15, -0.1) is 0 Å². The summed E-state index contributed by atoms with van der Waals surface area (Å²) in [5, 5.41) is 38.9. The summed E-state index contributed by atoms with van der Waals surface area (Å²) in [5.41, 5.74) is 5.74.